The van der Waals surface area contributed by atoms with Gasteiger partial charge in [0.2, 0.25) is 0 Å². The molecule has 0 saturated carbocycles. The summed E-state index contributed by atoms with van der Waals surface area (Å²) in [5.41, 5.74) is 6.19. The topological polar surface area (TPSA) is 169 Å². The number of amides is 1. The van der Waals surface area contributed by atoms with Gasteiger partial charge in [0.1, 0.15) is 11.6 Å². The molecular formula is C14H29N5O6. The molecule has 0 fully saturated rings. The first kappa shape index (κ1) is 24.7. The van der Waals surface area contributed by atoms with Gasteiger partial charge in [0.15, 0.2) is 5.03 Å². The van der Waals surface area contributed by atoms with Gasteiger partial charge >= 0.3 is 12.1 Å². The molecule has 0 aromatic heterocycles. The second-order valence-electron chi connectivity index (χ2n) is 5.67. The Labute approximate surface area is 147 Å². The van der Waals surface area contributed by atoms with Crippen LogP contribution in [0.3, 0.4) is 0 Å². The number of carbonyl (C=O) groups is 2. The Bertz CT molecular complexity index is 461. The fourth-order valence-corrected chi connectivity index (χ4v) is 1.50. The summed E-state index contributed by atoms with van der Waals surface area (Å²) in [7, 11) is 0. The third kappa shape index (κ3) is 16.1. The van der Waals surface area contributed by atoms with Crippen molar-refractivity contribution in [3.05, 3.63) is 10.1 Å². The fourth-order valence-electron chi connectivity index (χ4n) is 1.50. The van der Waals surface area contributed by atoms with Crippen molar-refractivity contribution in [2.24, 2.45) is 10.7 Å². The monoisotopic (exact) mass is 363 g/mol. The smallest absolute Gasteiger partial charge is 0.408 e. The van der Waals surface area contributed by atoms with Crippen molar-refractivity contribution in [3.8, 4) is 0 Å². The van der Waals surface area contributed by atoms with Crippen LogP contribution in [0.15, 0.2) is 4.99 Å². The van der Waals surface area contributed by atoms with E-state index in [0.29, 0.717) is 12.8 Å². The van der Waals surface area contributed by atoms with Crippen molar-refractivity contribution >= 4 is 18.0 Å². The molecule has 0 aromatic rings. The van der Waals surface area contributed by atoms with Gasteiger partial charge in [-0.05, 0) is 40.0 Å². The number of ether oxygens (including phenoxy) is 1. The van der Waals surface area contributed by atoms with E-state index in [1.54, 1.807) is 26.2 Å². The number of nitrogens with two attached hydrogens (primary N) is 1. The molecule has 0 bridgehead atoms. The molecule has 146 valence electrons. The average Bonchev–Trinajstić information content (AvgIpc) is 2.44. The maximum Gasteiger partial charge on any atom is 0.408 e. The molecule has 0 aliphatic rings. The number of nitro groups is 1. The maximum atomic E-state index is 11.5. The van der Waals surface area contributed by atoms with Crippen LogP contribution in [-0.2, 0) is 9.53 Å². The Morgan fingerprint density at radius 2 is 1.88 bits per heavy atom. The molecule has 1 amide bonds. The van der Waals surface area contributed by atoms with Crippen LogP contribution in [0.1, 0.15) is 53.9 Å². The number of rotatable bonds is 8. The van der Waals surface area contributed by atoms with E-state index >= 15 is 0 Å². The van der Waals surface area contributed by atoms with Crippen LogP contribution in [0.4, 0.5) is 4.79 Å². The highest BCUT2D eigenvalue weighted by molar-refractivity contribution is 5.80. The van der Waals surface area contributed by atoms with Crippen LogP contribution in [0.5, 0.6) is 0 Å². The van der Waals surface area contributed by atoms with Crippen LogP contribution in [0.2, 0.25) is 0 Å². The number of unbranched alkanes of at least 4 members (excludes halogenated alkanes) is 1. The molecule has 11 heteroatoms. The van der Waals surface area contributed by atoms with Crippen molar-refractivity contribution in [1.82, 2.24) is 10.7 Å². The number of carbonyl (C=O) groups excluding carboxylic acids is 1. The highest BCUT2D eigenvalue weighted by Gasteiger charge is 2.23. The van der Waals surface area contributed by atoms with Gasteiger partial charge in [-0.15, -0.1) is 0 Å². The van der Waals surface area contributed by atoms with E-state index in [1.807, 2.05) is 13.8 Å². The molecule has 11 nitrogen and oxygen atoms in total. The van der Waals surface area contributed by atoms with Gasteiger partial charge in [0, 0.05) is 6.54 Å². The van der Waals surface area contributed by atoms with E-state index in [0.717, 1.165) is 0 Å². The lowest BCUT2D eigenvalue weighted by atomic mass is 10.1. The summed E-state index contributed by atoms with van der Waals surface area (Å²) < 4.78 is 4.99. The molecule has 25 heavy (non-hydrogen) atoms. The average molecular weight is 363 g/mol. The maximum absolute atomic E-state index is 11.5. The van der Waals surface area contributed by atoms with E-state index in [9.17, 15) is 19.7 Å². The number of aliphatic imine (C=N–C) groups is 1. The number of nitrogens with one attached hydrogen (secondary N) is 2. The van der Waals surface area contributed by atoms with Gasteiger partial charge < -0.3 is 20.9 Å². The van der Waals surface area contributed by atoms with Crippen molar-refractivity contribution in [1.29, 1.82) is 0 Å². The standard InChI is InChI=1S/C12H23N5O6.C2H6/c1-12(2,3)23-11(20)15-8(9(18)19)6-4-5-7-14-10(13)16-17(21)22;1-2/h8H,4-7H2,1-3H3,(H,15,20)(H,18,19)(H3,13,14,16);1-2H3. The van der Waals surface area contributed by atoms with E-state index < -0.39 is 28.7 Å². The molecular weight excluding hydrogens is 334 g/mol. The highest BCUT2D eigenvalue weighted by Crippen LogP contribution is 2.08. The number of hydrogen-bond acceptors (Lipinski definition) is 6. The van der Waals surface area contributed by atoms with Crippen molar-refractivity contribution < 1.29 is 24.5 Å². The summed E-state index contributed by atoms with van der Waals surface area (Å²) >= 11 is 0. The van der Waals surface area contributed by atoms with Crippen LogP contribution in [0.25, 0.3) is 0 Å². The van der Waals surface area contributed by atoms with Crippen molar-refractivity contribution in [2.45, 2.75) is 65.5 Å². The van der Waals surface area contributed by atoms with E-state index in [2.05, 4.69) is 10.3 Å². The summed E-state index contributed by atoms with van der Waals surface area (Å²) in [4.78, 5) is 36.4. The normalized spacial score (nSPS) is 12.3. The zero-order chi connectivity index (χ0) is 20.0. The largest absolute Gasteiger partial charge is 0.480 e. The third-order valence-electron chi connectivity index (χ3n) is 2.38. The van der Waals surface area contributed by atoms with Gasteiger partial charge in [-0.25, -0.2) is 24.7 Å². The number of carboxylic acid groups (broad SMARTS) is 1. The number of hydrazine groups is 1. The summed E-state index contributed by atoms with van der Waals surface area (Å²) in [5.74, 6) is -1.49. The molecule has 0 spiro atoms. The molecule has 1 atom stereocenters. The van der Waals surface area contributed by atoms with E-state index in [1.165, 1.54) is 0 Å². The van der Waals surface area contributed by atoms with E-state index in [4.69, 9.17) is 15.6 Å². The number of aliphatic carboxylic acids is 1. The molecule has 0 heterocycles. The number of nitrogens with zero attached hydrogens (tertiary/aromatic N) is 2. The molecule has 0 radical (unpaired) electrons. The summed E-state index contributed by atoms with van der Waals surface area (Å²) in [6.45, 7) is 9.21. The quantitative estimate of drug-likeness (QED) is 0.164. The minimum Gasteiger partial charge on any atom is -0.480 e. The summed E-state index contributed by atoms with van der Waals surface area (Å²) in [6.07, 6.45) is 0.261. The third-order valence-corrected chi connectivity index (χ3v) is 2.38. The molecule has 1 unspecified atom stereocenters. The minimum atomic E-state index is -1.17. The Hall–Kier alpha value is -2.59. The first-order valence-electron chi connectivity index (χ1n) is 7.94. The number of hydrogen-bond donors (Lipinski definition) is 4. The SMILES string of the molecule is CC.CC(C)(C)OC(=O)NC(CCCCN=C(N)N[N+](=O)[O-])C(=O)O. The molecule has 0 aliphatic carbocycles. The summed E-state index contributed by atoms with van der Waals surface area (Å²) in [6, 6.07) is -1.08. The zero-order valence-electron chi connectivity index (χ0n) is 15.4. The van der Waals surface area contributed by atoms with Crippen LogP contribution in [0, 0.1) is 10.1 Å². The second-order valence-corrected chi connectivity index (χ2v) is 5.67. The minimum absolute atomic E-state index is 0.173. The fraction of sp³-hybridized carbons (Fsp3) is 0.786. The molecule has 0 rings (SSSR count). The van der Waals surface area contributed by atoms with Crippen molar-refractivity contribution in [3.63, 3.8) is 0 Å². The second kappa shape index (κ2) is 12.8. The van der Waals surface area contributed by atoms with Gasteiger partial charge in [-0.2, -0.15) is 0 Å². The molecule has 0 aliphatic heterocycles. The van der Waals surface area contributed by atoms with Crippen LogP contribution < -0.4 is 16.5 Å². The van der Waals surface area contributed by atoms with Gasteiger partial charge in [-0.1, -0.05) is 19.3 Å². The van der Waals surface area contributed by atoms with Crippen LogP contribution in [-0.4, -0.2) is 46.3 Å². The zero-order valence-corrected chi connectivity index (χ0v) is 15.4. The van der Waals surface area contributed by atoms with Gasteiger partial charge in [-0.3, -0.25) is 0 Å². The first-order chi connectivity index (χ1) is 11.5. The van der Waals surface area contributed by atoms with E-state index in [-0.39, 0.29) is 18.9 Å². The summed E-state index contributed by atoms with van der Waals surface area (Å²) in [5, 5.41) is 20.6. The van der Waals surface area contributed by atoms with Crippen LogP contribution >= 0.6 is 0 Å². The Balaban J connectivity index is 0. The Kier molecular flexibility index (Phi) is 12.6. The lowest BCUT2D eigenvalue weighted by molar-refractivity contribution is -0.525. The molecule has 0 saturated heterocycles. The molecule has 0 aromatic carbocycles. The van der Waals surface area contributed by atoms with Gasteiger partial charge in [0.05, 0.1) is 0 Å². The lowest BCUT2D eigenvalue weighted by Crippen LogP contribution is -2.43. The number of alkyl carbamates (subject to hydrolysis) is 1. The Morgan fingerprint density at radius 3 is 2.32 bits per heavy atom. The highest BCUT2D eigenvalue weighted by atomic mass is 16.7. The number of guanidine groups is 1. The predicted molar refractivity (Wildman–Crippen MR) is 92.6 cm³/mol. The predicted octanol–water partition coefficient (Wildman–Crippen LogP) is 1.26. The van der Waals surface area contributed by atoms with Gasteiger partial charge in [0.25, 0.3) is 5.96 Å². The molecule has 5 N–H and O–H groups in total. The Morgan fingerprint density at radius 1 is 1.32 bits per heavy atom. The lowest BCUT2D eigenvalue weighted by Gasteiger charge is -2.21. The first-order valence-corrected chi connectivity index (χ1v) is 7.94. The number of carboxylic acids is 1. The van der Waals surface area contributed by atoms with Crippen molar-refractivity contribution in [2.75, 3.05) is 6.54 Å².